The molecule has 18 heavy (non-hydrogen) atoms. The van der Waals surface area contributed by atoms with E-state index in [9.17, 15) is 8.42 Å². The maximum Gasteiger partial charge on any atom is 0.250 e. The monoisotopic (exact) mass is 373 g/mol. The van der Waals surface area contributed by atoms with Crippen molar-refractivity contribution in [1.82, 2.24) is 4.72 Å². The summed E-state index contributed by atoms with van der Waals surface area (Å²) < 4.78 is 32.9. The van der Waals surface area contributed by atoms with E-state index in [-0.39, 0.29) is 16.2 Å². The van der Waals surface area contributed by atoms with Crippen LogP contribution in [0.5, 0.6) is 0 Å². The largest absolute Gasteiger partial charge is 0.378 e. The molecule has 1 aromatic heterocycles. The first-order chi connectivity index (χ1) is 8.40. The van der Waals surface area contributed by atoms with Gasteiger partial charge in [-0.25, -0.2) is 13.1 Å². The summed E-state index contributed by atoms with van der Waals surface area (Å²) >= 11 is 10.2. The zero-order valence-corrected chi connectivity index (χ0v) is 13.6. The van der Waals surface area contributed by atoms with E-state index in [2.05, 4.69) is 20.7 Å². The van der Waals surface area contributed by atoms with Crippen molar-refractivity contribution in [2.75, 3.05) is 13.2 Å². The van der Waals surface area contributed by atoms with E-state index in [4.69, 9.17) is 16.3 Å². The number of sulfonamides is 1. The van der Waals surface area contributed by atoms with Crippen LogP contribution in [0.15, 0.2) is 14.1 Å². The van der Waals surface area contributed by atoms with Crippen molar-refractivity contribution in [2.45, 2.75) is 23.7 Å². The Morgan fingerprint density at radius 2 is 2.39 bits per heavy atom. The summed E-state index contributed by atoms with van der Waals surface area (Å²) in [6.45, 7) is 3.06. The number of hydrogen-bond acceptors (Lipinski definition) is 4. The fourth-order valence-corrected chi connectivity index (χ4v) is 5.33. The van der Waals surface area contributed by atoms with Crippen molar-refractivity contribution >= 4 is 48.9 Å². The van der Waals surface area contributed by atoms with Crippen LogP contribution in [0.2, 0.25) is 5.02 Å². The molecule has 4 nitrogen and oxygen atoms in total. The Labute approximate surface area is 124 Å². The molecule has 1 aliphatic heterocycles. The minimum atomic E-state index is -3.47. The number of ether oxygens (including phenoxy) is 1. The second-order valence-electron chi connectivity index (χ2n) is 4.16. The van der Waals surface area contributed by atoms with Crippen LogP contribution < -0.4 is 4.72 Å². The third kappa shape index (κ3) is 3.26. The van der Waals surface area contributed by atoms with Crippen LogP contribution >= 0.6 is 38.9 Å². The Morgan fingerprint density at radius 1 is 1.67 bits per heavy atom. The van der Waals surface area contributed by atoms with E-state index in [0.717, 1.165) is 17.8 Å². The van der Waals surface area contributed by atoms with E-state index in [1.165, 1.54) is 6.07 Å². The minimum absolute atomic E-state index is 0.103. The molecule has 2 atom stereocenters. The second kappa shape index (κ2) is 5.76. The molecule has 0 saturated carbocycles. The Hall–Kier alpha value is 0.340. The maximum atomic E-state index is 12.0. The highest BCUT2D eigenvalue weighted by atomic mass is 79.9. The number of rotatable bonds is 4. The standard InChI is InChI=1S/C10H13BrClNO3S2/c1-6-7(2-3-16-6)5-13-18(14,15)9-4-8(12)10(11)17-9/h4,6-7,13H,2-3,5H2,1H3. The van der Waals surface area contributed by atoms with E-state index >= 15 is 0 Å². The van der Waals surface area contributed by atoms with Gasteiger partial charge in [0.15, 0.2) is 0 Å². The lowest BCUT2D eigenvalue weighted by Crippen LogP contribution is -2.31. The Balaban J connectivity index is 2.03. The van der Waals surface area contributed by atoms with Gasteiger partial charge in [-0.05, 0) is 35.3 Å². The molecule has 0 spiro atoms. The van der Waals surface area contributed by atoms with Gasteiger partial charge in [0.2, 0.25) is 10.0 Å². The summed E-state index contributed by atoms with van der Waals surface area (Å²) in [4.78, 5) is 0. The van der Waals surface area contributed by atoms with Crippen LogP contribution in [-0.2, 0) is 14.8 Å². The molecule has 2 rings (SSSR count). The van der Waals surface area contributed by atoms with Crippen molar-refractivity contribution < 1.29 is 13.2 Å². The molecule has 8 heteroatoms. The van der Waals surface area contributed by atoms with E-state index < -0.39 is 10.0 Å². The van der Waals surface area contributed by atoms with Crippen molar-refractivity contribution in [2.24, 2.45) is 5.92 Å². The molecule has 0 bridgehead atoms. The van der Waals surface area contributed by atoms with Crippen LogP contribution in [0.4, 0.5) is 0 Å². The van der Waals surface area contributed by atoms with Crippen LogP contribution in [0, 0.1) is 5.92 Å². The first-order valence-electron chi connectivity index (χ1n) is 5.46. The molecule has 2 heterocycles. The van der Waals surface area contributed by atoms with Crippen LogP contribution in [0.1, 0.15) is 13.3 Å². The minimum Gasteiger partial charge on any atom is -0.378 e. The van der Waals surface area contributed by atoms with Crippen LogP contribution in [0.3, 0.4) is 0 Å². The second-order valence-corrected chi connectivity index (χ2v) is 8.93. The third-order valence-electron chi connectivity index (χ3n) is 2.96. The molecule has 1 aromatic rings. The molecular weight excluding hydrogens is 362 g/mol. The van der Waals surface area contributed by atoms with Gasteiger partial charge >= 0.3 is 0 Å². The molecule has 1 N–H and O–H groups in total. The first-order valence-corrected chi connectivity index (χ1v) is 8.93. The molecule has 102 valence electrons. The molecule has 2 unspecified atom stereocenters. The molecule has 0 aromatic carbocycles. The SMILES string of the molecule is CC1OCCC1CNS(=O)(=O)c1cc(Cl)c(Br)s1. The molecule has 0 aliphatic carbocycles. The summed E-state index contributed by atoms with van der Waals surface area (Å²) in [5, 5.41) is 0.415. The zero-order chi connectivity index (χ0) is 13.3. The summed E-state index contributed by atoms with van der Waals surface area (Å²) in [6.07, 6.45) is 0.991. The lowest BCUT2D eigenvalue weighted by atomic mass is 10.0. The van der Waals surface area contributed by atoms with E-state index in [1.807, 2.05) is 6.92 Å². The Bertz CT molecular complexity index is 512. The number of halogens is 2. The number of hydrogen-bond donors (Lipinski definition) is 1. The molecule has 1 fully saturated rings. The van der Waals surface area contributed by atoms with Gasteiger partial charge < -0.3 is 4.74 Å². The van der Waals surface area contributed by atoms with Crippen molar-refractivity contribution in [3.8, 4) is 0 Å². The Kier molecular flexibility index (Phi) is 4.72. The zero-order valence-electron chi connectivity index (χ0n) is 9.65. The Morgan fingerprint density at radius 3 is 2.89 bits per heavy atom. The maximum absolute atomic E-state index is 12.0. The van der Waals surface area contributed by atoms with Gasteiger partial charge in [0.05, 0.1) is 14.9 Å². The topological polar surface area (TPSA) is 55.4 Å². The van der Waals surface area contributed by atoms with Crippen molar-refractivity contribution in [3.05, 3.63) is 14.9 Å². The lowest BCUT2D eigenvalue weighted by Gasteiger charge is -2.14. The van der Waals surface area contributed by atoms with Gasteiger partial charge in [-0.3, -0.25) is 0 Å². The number of thiophene rings is 1. The lowest BCUT2D eigenvalue weighted by molar-refractivity contribution is 0.107. The molecule has 1 aliphatic rings. The summed E-state index contributed by atoms with van der Waals surface area (Å²) in [6, 6.07) is 1.45. The fraction of sp³-hybridized carbons (Fsp3) is 0.600. The summed E-state index contributed by atoms with van der Waals surface area (Å²) in [7, 11) is -3.47. The number of nitrogens with one attached hydrogen (secondary N) is 1. The average molecular weight is 375 g/mol. The summed E-state index contributed by atoms with van der Waals surface area (Å²) in [5.41, 5.74) is 0. The smallest absolute Gasteiger partial charge is 0.250 e. The van der Waals surface area contributed by atoms with Gasteiger partial charge in [-0.1, -0.05) is 11.6 Å². The average Bonchev–Trinajstić information content (AvgIpc) is 2.84. The summed E-state index contributed by atoms with van der Waals surface area (Å²) in [5.74, 6) is 0.235. The van der Waals surface area contributed by atoms with Gasteiger partial charge in [-0.2, -0.15) is 0 Å². The van der Waals surface area contributed by atoms with Gasteiger partial charge in [-0.15, -0.1) is 11.3 Å². The van der Waals surface area contributed by atoms with Crippen molar-refractivity contribution in [3.63, 3.8) is 0 Å². The molecule has 0 amide bonds. The van der Waals surface area contributed by atoms with Gasteiger partial charge in [0.25, 0.3) is 0 Å². The highest BCUT2D eigenvalue weighted by Gasteiger charge is 2.27. The highest BCUT2D eigenvalue weighted by molar-refractivity contribution is 9.11. The van der Waals surface area contributed by atoms with Crippen LogP contribution in [-0.4, -0.2) is 27.7 Å². The highest BCUT2D eigenvalue weighted by Crippen LogP contribution is 2.34. The molecule has 0 radical (unpaired) electrons. The fourth-order valence-electron chi connectivity index (χ4n) is 1.79. The first kappa shape index (κ1) is 14.7. The van der Waals surface area contributed by atoms with Gasteiger partial charge in [0.1, 0.15) is 4.21 Å². The van der Waals surface area contributed by atoms with Crippen LogP contribution in [0.25, 0.3) is 0 Å². The predicted molar refractivity (Wildman–Crippen MR) is 75.7 cm³/mol. The van der Waals surface area contributed by atoms with Gasteiger partial charge in [0, 0.05) is 19.1 Å². The van der Waals surface area contributed by atoms with Crippen molar-refractivity contribution in [1.29, 1.82) is 0 Å². The third-order valence-corrected chi connectivity index (χ3v) is 7.33. The quantitative estimate of drug-likeness (QED) is 0.881. The molecule has 1 saturated heterocycles. The molecular formula is C10H13BrClNO3S2. The normalized spacial score (nSPS) is 24.6. The van der Waals surface area contributed by atoms with E-state index in [0.29, 0.717) is 22.0 Å². The predicted octanol–water partition coefficient (Wildman–Crippen LogP) is 2.87. The van der Waals surface area contributed by atoms with E-state index in [1.54, 1.807) is 0 Å².